The summed E-state index contributed by atoms with van der Waals surface area (Å²) in [6, 6.07) is 3.67. The summed E-state index contributed by atoms with van der Waals surface area (Å²) in [6.07, 6.45) is -0.935. The van der Waals surface area contributed by atoms with Crippen molar-refractivity contribution in [1.29, 1.82) is 0 Å². The first-order chi connectivity index (χ1) is 14.0. The summed E-state index contributed by atoms with van der Waals surface area (Å²) in [6.45, 7) is 6.70. The van der Waals surface area contributed by atoms with Crippen molar-refractivity contribution >= 4 is 39.3 Å². The second-order valence-electron chi connectivity index (χ2n) is 6.59. The highest BCUT2D eigenvalue weighted by molar-refractivity contribution is 7.21. The summed E-state index contributed by atoms with van der Waals surface area (Å²) in [5, 5.41) is 4.02. The Morgan fingerprint density at radius 1 is 1.34 bits per heavy atom. The quantitative estimate of drug-likeness (QED) is 0.548. The van der Waals surface area contributed by atoms with E-state index in [-0.39, 0.29) is 10.8 Å². The predicted molar refractivity (Wildman–Crippen MR) is 110 cm³/mol. The number of thiophene rings is 1. The van der Waals surface area contributed by atoms with Gasteiger partial charge >= 0.3 is 6.09 Å². The highest BCUT2D eigenvalue weighted by Gasteiger charge is 2.22. The molecule has 0 saturated carbocycles. The molecule has 1 fully saturated rings. The van der Waals surface area contributed by atoms with Gasteiger partial charge in [-0.05, 0) is 19.1 Å². The van der Waals surface area contributed by atoms with Crippen molar-refractivity contribution in [1.82, 2.24) is 14.9 Å². The Balaban J connectivity index is 1.65. The number of fused-ring (bicyclic) bond motifs is 1. The van der Waals surface area contributed by atoms with Crippen LogP contribution in [0.2, 0.25) is 0 Å². The molecule has 5 N–H and O–H groups in total. The number of carbonyl (C=O) groups excluding carboxylic acids is 1. The van der Waals surface area contributed by atoms with E-state index in [1.165, 1.54) is 0 Å². The number of hydrogen-bond acceptors (Lipinski definition) is 10. The summed E-state index contributed by atoms with van der Waals surface area (Å²) < 4.78 is 16.1. The lowest BCUT2D eigenvalue weighted by atomic mass is 10.2. The lowest BCUT2D eigenvalue weighted by Crippen LogP contribution is -2.39. The predicted octanol–water partition coefficient (Wildman–Crippen LogP) is 2.04. The number of rotatable bonds is 6. The van der Waals surface area contributed by atoms with Crippen molar-refractivity contribution < 1.29 is 18.7 Å². The largest absolute Gasteiger partial charge is 0.460 e. The van der Waals surface area contributed by atoms with Gasteiger partial charge in [0.2, 0.25) is 11.0 Å². The number of nitrogens with two attached hydrogens (primary N) is 2. The van der Waals surface area contributed by atoms with Crippen molar-refractivity contribution in [3.63, 3.8) is 0 Å². The molecule has 4 rings (SSSR count). The molecule has 1 aliphatic heterocycles. The van der Waals surface area contributed by atoms with Crippen molar-refractivity contribution in [2.75, 3.05) is 50.4 Å². The van der Waals surface area contributed by atoms with E-state index >= 15 is 0 Å². The number of hydrogen-bond donors (Lipinski definition) is 3. The third kappa shape index (κ3) is 4.26. The van der Waals surface area contributed by atoms with E-state index in [2.05, 4.69) is 20.2 Å². The molecule has 0 bridgehead atoms. The van der Waals surface area contributed by atoms with Crippen LogP contribution in [0.15, 0.2) is 16.5 Å². The third-order valence-electron chi connectivity index (χ3n) is 4.54. The normalized spacial score (nSPS) is 14.9. The molecule has 1 saturated heterocycles. The maximum atomic E-state index is 11.2. The highest BCUT2D eigenvalue weighted by Crippen LogP contribution is 2.43. The fraction of sp³-hybridized carbons (Fsp3) is 0.389. The van der Waals surface area contributed by atoms with Crippen LogP contribution in [0, 0.1) is 6.92 Å². The molecule has 1 amide bonds. The van der Waals surface area contributed by atoms with E-state index in [1.807, 2.05) is 19.1 Å². The number of primary amides is 1. The molecule has 0 aromatic carbocycles. The van der Waals surface area contributed by atoms with Crippen molar-refractivity contribution in [2.24, 2.45) is 5.73 Å². The molecule has 0 aliphatic carbocycles. The topological polar surface area (TPSA) is 142 Å². The standard InChI is InChI=1S/C18H22N6O4S/c1-10-2-3-11(27-10)14-12-13(19)16(28-17(20)25)29-15(12)23-18(22-14)21-4-5-24-6-8-26-9-7-24/h2-3H,4-9,19H2,1H3,(H2,20,25)(H,21,22,23). The van der Waals surface area contributed by atoms with Crippen molar-refractivity contribution in [3.8, 4) is 16.5 Å². The van der Waals surface area contributed by atoms with Crippen LogP contribution in [-0.4, -0.2) is 60.4 Å². The Morgan fingerprint density at radius 3 is 2.83 bits per heavy atom. The number of ether oxygens (including phenoxy) is 2. The van der Waals surface area contributed by atoms with Gasteiger partial charge in [0.25, 0.3) is 0 Å². The number of amides is 1. The molecule has 4 heterocycles. The zero-order chi connectivity index (χ0) is 20.4. The van der Waals surface area contributed by atoms with Crippen molar-refractivity contribution in [3.05, 3.63) is 17.9 Å². The molecule has 0 atom stereocenters. The number of anilines is 2. The first-order valence-electron chi connectivity index (χ1n) is 9.19. The Morgan fingerprint density at radius 2 is 2.14 bits per heavy atom. The van der Waals surface area contributed by atoms with E-state index in [9.17, 15) is 4.79 Å². The molecule has 0 radical (unpaired) electrons. The third-order valence-corrected chi connectivity index (χ3v) is 5.51. The smallest absolute Gasteiger partial charge is 0.410 e. The van der Waals surface area contributed by atoms with Crippen LogP contribution >= 0.6 is 11.3 Å². The summed E-state index contributed by atoms with van der Waals surface area (Å²) in [5.74, 6) is 1.75. The van der Waals surface area contributed by atoms with Crippen LogP contribution in [0.5, 0.6) is 5.06 Å². The van der Waals surface area contributed by atoms with Crippen LogP contribution in [0.1, 0.15) is 5.76 Å². The molecule has 0 spiro atoms. The van der Waals surface area contributed by atoms with Crippen LogP contribution in [0.25, 0.3) is 21.7 Å². The van der Waals surface area contributed by atoms with Gasteiger partial charge in [-0.1, -0.05) is 11.3 Å². The number of aromatic nitrogens is 2. The summed E-state index contributed by atoms with van der Waals surface area (Å²) >= 11 is 1.14. The minimum Gasteiger partial charge on any atom is -0.460 e. The van der Waals surface area contributed by atoms with E-state index in [0.717, 1.165) is 49.9 Å². The molecule has 154 valence electrons. The molecular formula is C18H22N6O4S. The average Bonchev–Trinajstić information content (AvgIpc) is 3.25. The lowest BCUT2D eigenvalue weighted by Gasteiger charge is -2.26. The van der Waals surface area contributed by atoms with E-state index in [1.54, 1.807) is 0 Å². The summed E-state index contributed by atoms with van der Waals surface area (Å²) in [7, 11) is 0. The molecule has 0 unspecified atom stereocenters. The fourth-order valence-electron chi connectivity index (χ4n) is 3.14. The van der Waals surface area contributed by atoms with E-state index in [4.69, 9.17) is 25.4 Å². The van der Waals surface area contributed by atoms with Gasteiger partial charge in [-0.2, -0.15) is 0 Å². The van der Waals surface area contributed by atoms with Gasteiger partial charge < -0.3 is 30.7 Å². The van der Waals surface area contributed by atoms with E-state index < -0.39 is 6.09 Å². The Kier molecular flexibility index (Phi) is 5.51. The molecular weight excluding hydrogens is 396 g/mol. The summed E-state index contributed by atoms with van der Waals surface area (Å²) in [5.41, 5.74) is 12.1. The van der Waals surface area contributed by atoms with Gasteiger partial charge in [0.05, 0.1) is 24.3 Å². The van der Waals surface area contributed by atoms with Crippen molar-refractivity contribution in [2.45, 2.75) is 6.92 Å². The van der Waals surface area contributed by atoms with Crippen LogP contribution in [0.4, 0.5) is 16.4 Å². The van der Waals surface area contributed by atoms with E-state index in [0.29, 0.717) is 34.2 Å². The molecule has 11 heteroatoms. The molecule has 3 aromatic rings. The van der Waals surface area contributed by atoms with Gasteiger partial charge in [0.1, 0.15) is 16.3 Å². The average molecular weight is 418 g/mol. The van der Waals surface area contributed by atoms with Gasteiger partial charge in [-0.15, -0.1) is 0 Å². The molecule has 3 aromatic heterocycles. The SMILES string of the molecule is Cc1ccc(-c2nc(NCCN3CCOCC3)nc3sc(OC(N)=O)c(N)c23)o1. The maximum Gasteiger partial charge on any atom is 0.410 e. The lowest BCUT2D eigenvalue weighted by molar-refractivity contribution is 0.0398. The van der Waals surface area contributed by atoms with Gasteiger partial charge in [-0.25, -0.2) is 14.8 Å². The first kappa shape index (κ1) is 19.4. The highest BCUT2D eigenvalue weighted by atomic mass is 32.1. The zero-order valence-electron chi connectivity index (χ0n) is 15.9. The zero-order valence-corrected chi connectivity index (χ0v) is 16.8. The number of nitrogens with zero attached hydrogens (tertiary/aromatic N) is 3. The molecule has 29 heavy (non-hydrogen) atoms. The second-order valence-corrected chi connectivity index (χ2v) is 7.55. The second kappa shape index (κ2) is 8.23. The first-order valence-corrected chi connectivity index (χ1v) is 10.0. The summed E-state index contributed by atoms with van der Waals surface area (Å²) in [4.78, 5) is 23.2. The van der Waals surface area contributed by atoms with Gasteiger partial charge in [-0.3, -0.25) is 4.90 Å². The number of furan rings is 1. The number of aryl methyl sites for hydroxylation is 1. The van der Waals surface area contributed by atoms with Gasteiger partial charge in [0.15, 0.2) is 5.76 Å². The minimum atomic E-state index is -0.935. The van der Waals surface area contributed by atoms with Crippen LogP contribution < -0.4 is 21.5 Å². The molecule has 1 aliphatic rings. The van der Waals surface area contributed by atoms with Crippen LogP contribution in [-0.2, 0) is 4.74 Å². The number of nitrogen functional groups attached to an aromatic ring is 1. The fourth-order valence-corrected chi connectivity index (χ4v) is 4.09. The molecule has 10 nitrogen and oxygen atoms in total. The number of carbonyl (C=O) groups is 1. The maximum absolute atomic E-state index is 11.2. The Hall–Kier alpha value is -2.89. The Labute approximate surface area is 170 Å². The number of nitrogens with one attached hydrogen (secondary N) is 1. The Bertz CT molecular complexity index is 1030. The number of morpholine rings is 1. The minimum absolute atomic E-state index is 0.191. The van der Waals surface area contributed by atoms with Gasteiger partial charge in [0, 0.05) is 26.2 Å². The van der Waals surface area contributed by atoms with Crippen LogP contribution in [0.3, 0.4) is 0 Å². The monoisotopic (exact) mass is 418 g/mol.